The van der Waals surface area contributed by atoms with Crippen LogP contribution in [-0.2, 0) is 6.42 Å². The summed E-state index contributed by atoms with van der Waals surface area (Å²) in [6.07, 6.45) is 0.515. The molecule has 3 nitrogen and oxygen atoms in total. The third kappa shape index (κ3) is 2.94. The molecular formula is C17H16O3. The first kappa shape index (κ1) is 14.0. The molecule has 0 aliphatic heterocycles. The highest BCUT2D eigenvalue weighted by Crippen LogP contribution is 2.19. The lowest BCUT2D eigenvalue weighted by Gasteiger charge is -2.07. The molecule has 0 atom stereocenters. The van der Waals surface area contributed by atoms with E-state index in [1.165, 1.54) is 12.1 Å². The van der Waals surface area contributed by atoms with Crippen LogP contribution in [-0.4, -0.2) is 16.7 Å². The summed E-state index contributed by atoms with van der Waals surface area (Å²) >= 11 is 0. The van der Waals surface area contributed by atoms with Gasteiger partial charge in [0.25, 0.3) is 0 Å². The van der Waals surface area contributed by atoms with Crippen LogP contribution in [0.2, 0.25) is 0 Å². The molecule has 0 amide bonds. The highest BCUT2D eigenvalue weighted by Gasteiger charge is 2.17. The lowest BCUT2D eigenvalue weighted by Crippen LogP contribution is -2.10. The molecule has 0 spiro atoms. The van der Waals surface area contributed by atoms with Gasteiger partial charge >= 0.3 is 0 Å². The molecule has 102 valence electrons. The molecule has 0 bridgehead atoms. The molecule has 0 aromatic heterocycles. The first-order valence-electron chi connectivity index (χ1n) is 6.55. The van der Waals surface area contributed by atoms with Gasteiger partial charge in [-0.1, -0.05) is 43.3 Å². The van der Waals surface area contributed by atoms with Gasteiger partial charge < -0.3 is 5.11 Å². The highest BCUT2D eigenvalue weighted by atomic mass is 16.3. The molecule has 0 aliphatic carbocycles. The molecule has 0 saturated carbocycles. The van der Waals surface area contributed by atoms with Crippen LogP contribution in [0, 0.1) is 0 Å². The summed E-state index contributed by atoms with van der Waals surface area (Å²) in [6, 6.07) is 13.6. The number of phenolic OH excluding ortho intramolecular Hbond substituents is 1. The summed E-state index contributed by atoms with van der Waals surface area (Å²) in [5.41, 5.74) is 1.70. The Kier molecular flexibility index (Phi) is 4.31. The van der Waals surface area contributed by atoms with Crippen LogP contribution in [0.15, 0.2) is 48.5 Å². The van der Waals surface area contributed by atoms with Gasteiger partial charge in [-0.15, -0.1) is 0 Å². The molecule has 0 heterocycles. The third-order valence-electron chi connectivity index (χ3n) is 3.22. The van der Waals surface area contributed by atoms with E-state index < -0.39 is 0 Å². The lowest BCUT2D eigenvalue weighted by atomic mass is 9.96. The fourth-order valence-electron chi connectivity index (χ4n) is 2.15. The van der Waals surface area contributed by atoms with Crippen LogP contribution in [0.25, 0.3) is 0 Å². The molecule has 2 aromatic rings. The van der Waals surface area contributed by atoms with Gasteiger partial charge in [0, 0.05) is 5.56 Å². The van der Waals surface area contributed by atoms with E-state index >= 15 is 0 Å². The molecule has 0 unspecified atom stereocenters. The van der Waals surface area contributed by atoms with E-state index in [0.29, 0.717) is 5.56 Å². The van der Waals surface area contributed by atoms with Crippen molar-refractivity contribution in [1.29, 1.82) is 0 Å². The van der Waals surface area contributed by atoms with Gasteiger partial charge in [0.15, 0.2) is 11.6 Å². The van der Waals surface area contributed by atoms with Crippen LogP contribution in [0.1, 0.15) is 39.6 Å². The van der Waals surface area contributed by atoms with Crippen molar-refractivity contribution in [3.8, 4) is 5.75 Å². The topological polar surface area (TPSA) is 54.4 Å². The average molecular weight is 268 g/mol. The number of carbonyl (C=O) groups excluding carboxylic acids is 2. The molecule has 2 rings (SSSR count). The van der Waals surface area contributed by atoms with Crippen molar-refractivity contribution in [2.24, 2.45) is 0 Å². The Balaban J connectivity index is 2.20. The molecule has 0 radical (unpaired) electrons. The van der Waals surface area contributed by atoms with Crippen molar-refractivity contribution in [3.05, 3.63) is 65.2 Å². The summed E-state index contributed by atoms with van der Waals surface area (Å²) in [5.74, 6) is -0.663. The van der Waals surface area contributed by atoms with Gasteiger partial charge in [0.2, 0.25) is 0 Å². The molecule has 0 fully saturated rings. The van der Waals surface area contributed by atoms with Gasteiger partial charge in [-0.2, -0.15) is 0 Å². The standard InChI is InChI=1S/C17H16O3/c1-2-12-7-3-4-8-13(12)16(19)11-17(20)14-9-5-6-10-15(14)18/h3-10,18H,2,11H2,1H3. The molecule has 0 aliphatic rings. The Bertz CT molecular complexity index is 644. The van der Waals surface area contributed by atoms with Gasteiger partial charge in [-0.25, -0.2) is 0 Å². The number of hydrogen-bond donors (Lipinski definition) is 1. The number of aromatic hydroxyl groups is 1. The smallest absolute Gasteiger partial charge is 0.174 e. The Morgan fingerprint density at radius 2 is 1.45 bits per heavy atom. The first-order valence-corrected chi connectivity index (χ1v) is 6.55. The zero-order valence-corrected chi connectivity index (χ0v) is 11.3. The third-order valence-corrected chi connectivity index (χ3v) is 3.22. The predicted octanol–water partition coefficient (Wildman–Crippen LogP) is 3.41. The lowest BCUT2D eigenvalue weighted by molar-refractivity contribution is 0.0892. The zero-order valence-electron chi connectivity index (χ0n) is 11.3. The van der Waals surface area contributed by atoms with Crippen molar-refractivity contribution < 1.29 is 14.7 Å². The quantitative estimate of drug-likeness (QED) is 0.668. The highest BCUT2D eigenvalue weighted by molar-refractivity contribution is 6.14. The number of benzene rings is 2. The minimum absolute atomic E-state index is 0.0888. The van der Waals surface area contributed by atoms with Crippen molar-refractivity contribution in [2.75, 3.05) is 0 Å². The fourth-order valence-corrected chi connectivity index (χ4v) is 2.15. The van der Waals surface area contributed by atoms with Crippen LogP contribution < -0.4 is 0 Å². The van der Waals surface area contributed by atoms with Gasteiger partial charge in [0.1, 0.15) is 5.75 Å². The van der Waals surface area contributed by atoms with Gasteiger partial charge in [-0.05, 0) is 24.1 Å². The maximum Gasteiger partial charge on any atom is 0.174 e. The van der Waals surface area contributed by atoms with E-state index in [1.807, 2.05) is 19.1 Å². The minimum atomic E-state index is -0.362. The summed E-state index contributed by atoms with van der Waals surface area (Å²) in [7, 11) is 0. The minimum Gasteiger partial charge on any atom is -0.507 e. The van der Waals surface area contributed by atoms with E-state index in [4.69, 9.17) is 0 Å². The molecule has 20 heavy (non-hydrogen) atoms. The molecule has 1 N–H and O–H groups in total. The van der Waals surface area contributed by atoms with E-state index in [-0.39, 0.29) is 29.3 Å². The number of phenols is 1. The van der Waals surface area contributed by atoms with Crippen LogP contribution >= 0.6 is 0 Å². The molecule has 3 heteroatoms. The predicted molar refractivity (Wildman–Crippen MR) is 77.2 cm³/mol. The Morgan fingerprint density at radius 3 is 2.10 bits per heavy atom. The SMILES string of the molecule is CCc1ccccc1C(=O)CC(=O)c1ccccc1O. The molecule has 2 aromatic carbocycles. The molecule has 0 saturated heterocycles. The maximum absolute atomic E-state index is 12.2. The van der Waals surface area contributed by atoms with Crippen molar-refractivity contribution >= 4 is 11.6 Å². The normalized spacial score (nSPS) is 10.2. The summed E-state index contributed by atoms with van der Waals surface area (Å²) < 4.78 is 0. The number of ketones is 2. The monoisotopic (exact) mass is 268 g/mol. The van der Waals surface area contributed by atoms with E-state index in [0.717, 1.165) is 12.0 Å². The number of aryl methyl sites for hydroxylation is 1. The number of Topliss-reactive ketones (excluding diaryl/α,β-unsaturated/α-hetero) is 2. The number of carbonyl (C=O) groups is 2. The summed E-state index contributed by atoms with van der Waals surface area (Å²) in [4.78, 5) is 24.3. The Labute approximate surface area is 117 Å². The second kappa shape index (κ2) is 6.15. The van der Waals surface area contributed by atoms with Gasteiger partial charge in [-0.3, -0.25) is 9.59 Å². The first-order chi connectivity index (χ1) is 9.63. The van der Waals surface area contributed by atoms with Gasteiger partial charge in [0.05, 0.1) is 12.0 Å². The second-order valence-electron chi connectivity index (χ2n) is 4.55. The van der Waals surface area contributed by atoms with Crippen molar-refractivity contribution in [3.63, 3.8) is 0 Å². The zero-order chi connectivity index (χ0) is 14.5. The van der Waals surface area contributed by atoms with E-state index in [2.05, 4.69) is 0 Å². The number of para-hydroxylation sites is 1. The van der Waals surface area contributed by atoms with Crippen LogP contribution in [0.3, 0.4) is 0 Å². The van der Waals surface area contributed by atoms with Crippen molar-refractivity contribution in [1.82, 2.24) is 0 Å². The summed E-state index contributed by atoms with van der Waals surface area (Å²) in [5, 5.41) is 9.63. The fraction of sp³-hybridized carbons (Fsp3) is 0.176. The second-order valence-corrected chi connectivity index (χ2v) is 4.55. The van der Waals surface area contributed by atoms with Crippen molar-refractivity contribution in [2.45, 2.75) is 19.8 Å². The average Bonchev–Trinajstić information content (AvgIpc) is 2.47. The van der Waals surface area contributed by atoms with E-state index in [1.54, 1.807) is 24.3 Å². The van der Waals surface area contributed by atoms with Crippen LogP contribution in [0.5, 0.6) is 5.75 Å². The number of hydrogen-bond acceptors (Lipinski definition) is 3. The largest absolute Gasteiger partial charge is 0.507 e. The molecular weight excluding hydrogens is 252 g/mol. The maximum atomic E-state index is 12.2. The Hall–Kier alpha value is -2.42. The van der Waals surface area contributed by atoms with E-state index in [9.17, 15) is 14.7 Å². The number of rotatable bonds is 5. The summed E-state index contributed by atoms with van der Waals surface area (Å²) in [6.45, 7) is 1.97. The van der Waals surface area contributed by atoms with Crippen LogP contribution in [0.4, 0.5) is 0 Å². The Morgan fingerprint density at radius 1 is 0.900 bits per heavy atom.